The third-order valence-electron chi connectivity index (χ3n) is 3.08. The fourth-order valence-electron chi connectivity index (χ4n) is 2.18. The fourth-order valence-corrected chi connectivity index (χ4v) is 3.43. The Morgan fingerprint density at radius 2 is 2.00 bits per heavy atom. The summed E-state index contributed by atoms with van der Waals surface area (Å²) in [5.41, 5.74) is -0.626. The quantitative estimate of drug-likeness (QED) is 0.879. The molecule has 0 aromatic carbocycles. The smallest absolute Gasteiger partial charge is 0.370 e. The highest BCUT2D eigenvalue weighted by molar-refractivity contribution is 7.99. The number of rotatable bonds is 4. The van der Waals surface area contributed by atoms with E-state index in [1.807, 2.05) is 6.92 Å². The number of alkyl halides is 3. The van der Waals surface area contributed by atoms with Crippen LogP contribution in [-0.2, 0) is 6.18 Å². The maximum absolute atomic E-state index is 12.8. The van der Waals surface area contributed by atoms with Gasteiger partial charge in [-0.3, -0.25) is 0 Å². The average Bonchev–Trinajstić information content (AvgIpc) is 2.81. The van der Waals surface area contributed by atoms with Crippen LogP contribution in [0.15, 0.2) is 17.2 Å². The van der Waals surface area contributed by atoms with Crippen molar-refractivity contribution < 1.29 is 13.2 Å². The molecule has 1 aromatic heterocycles. The number of thioether (sulfide) groups is 1. The van der Waals surface area contributed by atoms with Gasteiger partial charge >= 0.3 is 6.18 Å². The van der Waals surface area contributed by atoms with Crippen molar-refractivity contribution in [3.8, 4) is 0 Å². The first-order valence-corrected chi connectivity index (χ1v) is 7.37. The number of nitrogens with zero attached hydrogens (tertiary/aromatic N) is 1. The molecule has 1 N–H and O–H groups in total. The molecule has 1 heterocycles. The van der Waals surface area contributed by atoms with Gasteiger partial charge in [0, 0.05) is 11.8 Å². The van der Waals surface area contributed by atoms with Crippen LogP contribution in [0.1, 0.15) is 38.2 Å². The van der Waals surface area contributed by atoms with Gasteiger partial charge in [-0.05, 0) is 31.9 Å². The van der Waals surface area contributed by atoms with Gasteiger partial charge in [0.05, 0.1) is 10.6 Å². The predicted molar refractivity (Wildman–Crippen MR) is 71.5 cm³/mol. The van der Waals surface area contributed by atoms with Crippen molar-refractivity contribution in [1.82, 2.24) is 4.98 Å². The van der Waals surface area contributed by atoms with Gasteiger partial charge in [0.2, 0.25) is 0 Å². The van der Waals surface area contributed by atoms with E-state index >= 15 is 0 Å². The van der Waals surface area contributed by atoms with Gasteiger partial charge < -0.3 is 5.32 Å². The summed E-state index contributed by atoms with van der Waals surface area (Å²) in [6.45, 7) is 2.40. The second kappa shape index (κ2) is 6.03. The van der Waals surface area contributed by atoms with Gasteiger partial charge in [-0.25, -0.2) is 4.98 Å². The highest BCUT2D eigenvalue weighted by atomic mass is 32.2. The average molecular weight is 290 g/mol. The van der Waals surface area contributed by atoms with Crippen molar-refractivity contribution in [3.63, 3.8) is 0 Å². The molecule has 0 bridgehead atoms. The minimum atomic E-state index is -4.32. The molecule has 0 saturated heterocycles. The Hall–Kier alpha value is -0.910. The molecule has 0 aliphatic heterocycles. The summed E-state index contributed by atoms with van der Waals surface area (Å²) < 4.78 is 38.5. The number of hydrogen-bond donors (Lipinski definition) is 1. The van der Waals surface area contributed by atoms with Crippen LogP contribution in [0.5, 0.6) is 0 Å². The van der Waals surface area contributed by atoms with Crippen LogP contribution >= 0.6 is 11.8 Å². The third kappa shape index (κ3) is 4.03. The Bertz CT molecular complexity index is 428. The molecule has 1 saturated carbocycles. The van der Waals surface area contributed by atoms with E-state index in [1.165, 1.54) is 11.8 Å². The van der Waals surface area contributed by atoms with E-state index in [-0.39, 0.29) is 0 Å². The number of halogens is 3. The van der Waals surface area contributed by atoms with Gasteiger partial charge in [0.1, 0.15) is 5.82 Å². The van der Waals surface area contributed by atoms with Gasteiger partial charge in [0.15, 0.2) is 0 Å². The fraction of sp³-hybridized carbons (Fsp3) is 0.615. The lowest BCUT2D eigenvalue weighted by Crippen LogP contribution is -2.09. The molecule has 1 fully saturated rings. The second-order valence-electron chi connectivity index (χ2n) is 4.63. The lowest BCUT2D eigenvalue weighted by molar-refractivity contribution is -0.137. The molecule has 0 atom stereocenters. The zero-order chi connectivity index (χ0) is 13.9. The highest BCUT2D eigenvalue weighted by Crippen LogP contribution is 2.37. The van der Waals surface area contributed by atoms with E-state index < -0.39 is 11.7 Å². The van der Waals surface area contributed by atoms with Crippen molar-refractivity contribution in [1.29, 1.82) is 0 Å². The molecule has 0 spiro atoms. The minimum Gasteiger partial charge on any atom is -0.370 e. The number of pyridine rings is 1. The van der Waals surface area contributed by atoms with Gasteiger partial charge in [-0.1, -0.05) is 12.8 Å². The van der Waals surface area contributed by atoms with Crippen molar-refractivity contribution >= 4 is 17.6 Å². The summed E-state index contributed by atoms with van der Waals surface area (Å²) in [4.78, 5) is 4.25. The van der Waals surface area contributed by atoms with Crippen LogP contribution in [0.2, 0.25) is 0 Å². The van der Waals surface area contributed by atoms with Crippen LogP contribution < -0.4 is 5.32 Å². The standard InChI is InChI=1S/C13H17F3N2S/c1-2-17-11-7-9(13(14,15)16)8-12(18-11)19-10-5-3-4-6-10/h7-8,10H,2-6H2,1H3,(H,17,18). The van der Waals surface area contributed by atoms with Crippen molar-refractivity contribution in [3.05, 3.63) is 17.7 Å². The number of anilines is 1. The number of aromatic nitrogens is 1. The van der Waals surface area contributed by atoms with Crippen molar-refractivity contribution in [2.24, 2.45) is 0 Å². The first-order chi connectivity index (χ1) is 8.99. The SMILES string of the molecule is CCNc1cc(C(F)(F)F)cc(SC2CCCC2)n1. The van der Waals surface area contributed by atoms with Gasteiger partial charge in [0.25, 0.3) is 0 Å². The summed E-state index contributed by atoms with van der Waals surface area (Å²) in [6, 6.07) is 2.23. The monoisotopic (exact) mass is 290 g/mol. The molecular weight excluding hydrogens is 273 g/mol. The summed E-state index contributed by atoms with van der Waals surface area (Å²) in [7, 11) is 0. The molecular formula is C13H17F3N2S. The molecule has 6 heteroatoms. The maximum atomic E-state index is 12.8. The Balaban J connectivity index is 2.22. The molecule has 106 valence electrons. The van der Waals surface area contributed by atoms with E-state index in [2.05, 4.69) is 10.3 Å². The molecule has 19 heavy (non-hydrogen) atoms. The molecule has 1 aromatic rings. The maximum Gasteiger partial charge on any atom is 0.416 e. The lowest BCUT2D eigenvalue weighted by atomic mass is 10.2. The van der Waals surface area contributed by atoms with E-state index in [0.717, 1.165) is 37.8 Å². The van der Waals surface area contributed by atoms with Gasteiger partial charge in [-0.2, -0.15) is 13.2 Å². The largest absolute Gasteiger partial charge is 0.416 e. The third-order valence-corrected chi connectivity index (χ3v) is 4.33. The molecule has 0 radical (unpaired) electrons. The summed E-state index contributed by atoms with van der Waals surface area (Å²) >= 11 is 1.47. The Morgan fingerprint density at radius 1 is 1.32 bits per heavy atom. The molecule has 1 aliphatic rings. The first-order valence-electron chi connectivity index (χ1n) is 6.49. The zero-order valence-electron chi connectivity index (χ0n) is 10.8. The van der Waals surface area contributed by atoms with Crippen LogP contribution in [0.4, 0.5) is 19.0 Å². The summed E-state index contributed by atoms with van der Waals surface area (Å²) in [5.74, 6) is 0.304. The van der Waals surface area contributed by atoms with Crippen LogP contribution in [0, 0.1) is 0 Å². The highest BCUT2D eigenvalue weighted by Gasteiger charge is 2.32. The Kier molecular flexibility index (Phi) is 4.60. The second-order valence-corrected chi connectivity index (χ2v) is 5.95. The minimum absolute atomic E-state index is 0.304. The topological polar surface area (TPSA) is 24.9 Å². The zero-order valence-corrected chi connectivity index (χ0v) is 11.6. The normalized spacial score (nSPS) is 16.8. The van der Waals surface area contributed by atoms with Crippen LogP contribution in [0.3, 0.4) is 0 Å². The Morgan fingerprint density at radius 3 is 2.58 bits per heavy atom. The molecule has 2 nitrogen and oxygen atoms in total. The van der Waals surface area contributed by atoms with E-state index in [0.29, 0.717) is 22.6 Å². The number of nitrogens with one attached hydrogen (secondary N) is 1. The van der Waals surface area contributed by atoms with E-state index in [1.54, 1.807) is 0 Å². The molecule has 1 aliphatic carbocycles. The predicted octanol–water partition coefficient (Wildman–Crippen LogP) is 4.57. The van der Waals surface area contributed by atoms with Gasteiger partial charge in [-0.15, -0.1) is 11.8 Å². The summed E-state index contributed by atoms with van der Waals surface area (Å²) in [5, 5.41) is 3.74. The Labute approximate surface area is 115 Å². The first kappa shape index (κ1) is 14.5. The molecule has 0 unspecified atom stereocenters. The lowest BCUT2D eigenvalue weighted by Gasteiger charge is -2.13. The van der Waals surface area contributed by atoms with Crippen molar-refractivity contribution in [2.45, 2.75) is 49.1 Å². The number of hydrogen-bond acceptors (Lipinski definition) is 3. The van der Waals surface area contributed by atoms with E-state index in [4.69, 9.17) is 0 Å². The van der Waals surface area contributed by atoms with E-state index in [9.17, 15) is 13.2 Å². The van der Waals surface area contributed by atoms with Crippen LogP contribution in [0.25, 0.3) is 0 Å². The summed E-state index contributed by atoms with van der Waals surface area (Å²) in [6.07, 6.45) is 0.143. The van der Waals surface area contributed by atoms with Crippen molar-refractivity contribution in [2.75, 3.05) is 11.9 Å². The van der Waals surface area contributed by atoms with Crippen LogP contribution in [-0.4, -0.2) is 16.8 Å². The molecule has 2 rings (SSSR count). The molecule has 0 amide bonds.